The summed E-state index contributed by atoms with van der Waals surface area (Å²) in [5.74, 6) is -2.86. The number of nitrogens with two attached hydrogens (primary N) is 1. The van der Waals surface area contributed by atoms with Gasteiger partial charge < -0.3 is 10.8 Å². The van der Waals surface area contributed by atoms with Gasteiger partial charge in [-0.15, -0.1) is 0 Å². The number of carbonyl (C=O) groups is 1. The molecule has 18 heavy (non-hydrogen) atoms. The van der Waals surface area contributed by atoms with E-state index in [1.165, 1.54) is 0 Å². The molecule has 0 aliphatic rings. The number of benzene rings is 1. The number of aromatic carboxylic acids is 1. The van der Waals surface area contributed by atoms with E-state index >= 15 is 0 Å². The van der Waals surface area contributed by atoms with Gasteiger partial charge in [0.25, 0.3) is 0 Å². The Labute approximate surface area is 111 Å². The van der Waals surface area contributed by atoms with Gasteiger partial charge in [0.15, 0.2) is 5.82 Å². The van der Waals surface area contributed by atoms with Crippen LogP contribution in [-0.2, 0) is 10.0 Å². The molecule has 1 rings (SSSR count). The maximum absolute atomic E-state index is 13.8. The Morgan fingerprint density at radius 1 is 1.50 bits per heavy atom. The van der Waals surface area contributed by atoms with Crippen molar-refractivity contribution >= 4 is 31.9 Å². The third-order valence-electron chi connectivity index (χ3n) is 1.96. The Hall–Kier alpha value is -1.03. The molecule has 9 heteroatoms. The molecule has 0 unspecified atom stereocenters. The molecule has 6 nitrogen and oxygen atoms in total. The average molecular weight is 341 g/mol. The van der Waals surface area contributed by atoms with Crippen molar-refractivity contribution < 1.29 is 22.7 Å². The molecule has 1 aromatic rings. The lowest BCUT2D eigenvalue weighted by atomic mass is 10.2. The van der Waals surface area contributed by atoms with E-state index < -0.39 is 32.3 Å². The van der Waals surface area contributed by atoms with Gasteiger partial charge in [-0.05, 0) is 12.1 Å². The molecule has 0 bridgehead atoms. The van der Waals surface area contributed by atoms with Crippen molar-refractivity contribution in [3.05, 3.63) is 28.0 Å². The Morgan fingerprint density at radius 2 is 2.11 bits per heavy atom. The van der Waals surface area contributed by atoms with E-state index in [0.717, 1.165) is 12.1 Å². The van der Waals surface area contributed by atoms with Crippen LogP contribution in [0.25, 0.3) is 0 Å². The Kier molecular flexibility index (Phi) is 4.79. The number of nitrogens with one attached hydrogen (secondary N) is 1. The van der Waals surface area contributed by atoms with E-state index in [1.807, 2.05) is 0 Å². The number of rotatable bonds is 5. The summed E-state index contributed by atoms with van der Waals surface area (Å²) in [6, 6.07) is 1.97. The third-order valence-corrected chi connectivity index (χ3v) is 3.88. The van der Waals surface area contributed by atoms with Crippen molar-refractivity contribution in [3.8, 4) is 0 Å². The summed E-state index contributed by atoms with van der Waals surface area (Å²) in [5.41, 5.74) is 4.41. The first kappa shape index (κ1) is 15.0. The molecule has 0 saturated carbocycles. The van der Waals surface area contributed by atoms with Gasteiger partial charge in [0.1, 0.15) is 4.90 Å². The van der Waals surface area contributed by atoms with E-state index in [0.29, 0.717) is 0 Å². The normalized spacial score (nSPS) is 11.5. The highest BCUT2D eigenvalue weighted by Crippen LogP contribution is 2.24. The summed E-state index contributed by atoms with van der Waals surface area (Å²) in [6.45, 7) is -0.0304. The Bertz CT molecular complexity index is 576. The largest absolute Gasteiger partial charge is 0.478 e. The van der Waals surface area contributed by atoms with Crippen LogP contribution < -0.4 is 10.5 Å². The zero-order valence-electron chi connectivity index (χ0n) is 8.98. The molecule has 1 aromatic carbocycles. The first-order valence-electron chi connectivity index (χ1n) is 4.71. The van der Waals surface area contributed by atoms with Crippen molar-refractivity contribution in [2.24, 2.45) is 5.73 Å². The SMILES string of the molecule is NCCNS(=O)(=O)c1cc(Br)cc(C(=O)O)c1F. The summed E-state index contributed by atoms with van der Waals surface area (Å²) < 4.78 is 39.4. The lowest BCUT2D eigenvalue weighted by Crippen LogP contribution is -2.30. The minimum absolute atomic E-state index is 0.0423. The zero-order chi connectivity index (χ0) is 13.9. The molecule has 100 valence electrons. The van der Waals surface area contributed by atoms with Crippen molar-refractivity contribution in [1.82, 2.24) is 4.72 Å². The fourth-order valence-electron chi connectivity index (χ4n) is 1.19. The lowest BCUT2D eigenvalue weighted by Gasteiger charge is -2.09. The Morgan fingerprint density at radius 3 is 2.61 bits per heavy atom. The maximum atomic E-state index is 13.8. The number of hydrogen-bond donors (Lipinski definition) is 3. The Balaban J connectivity index is 3.37. The molecule has 0 fully saturated rings. The second kappa shape index (κ2) is 5.74. The first-order valence-corrected chi connectivity index (χ1v) is 6.99. The molecular formula is C9H10BrFN2O4S. The molecule has 0 spiro atoms. The van der Waals surface area contributed by atoms with Gasteiger partial charge in [0, 0.05) is 17.6 Å². The number of carboxylic acids is 1. The quantitative estimate of drug-likeness (QED) is 0.724. The molecule has 0 saturated heterocycles. The first-order chi connectivity index (χ1) is 8.29. The maximum Gasteiger partial charge on any atom is 0.338 e. The fourth-order valence-corrected chi connectivity index (χ4v) is 2.97. The number of carboxylic acid groups (broad SMARTS) is 1. The summed E-state index contributed by atoms with van der Waals surface area (Å²) in [7, 11) is -4.13. The fraction of sp³-hybridized carbons (Fsp3) is 0.222. The predicted molar refractivity (Wildman–Crippen MR) is 65.3 cm³/mol. The van der Waals surface area contributed by atoms with Gasteiger partial charge in [-0.1, -0.05) is 15.9 Å². The van der Waals surface area contributed by atoms with Crippen LogP contribution in [0.15, 0.2) is 21.5 Å². The van der Waals surface area contributed by atoms with Gasteiger partial charge >= 0.3 is 5.97 Å². The molecule has 0 aliphatic carbocycles. The van der Waals surface area contributed by atoms with Crippen LogP contribution in [-0.4, -0.2) is 32.6 Å². The summed E-state index contributed by atoms with van der Waals surface area (Å²) in [6.07, 6.45) is 0. The van der Waals surface area contributed by atoms with Crippen molar-refractivity contribution in [2.45, 2.75) is 4.90 Å². The minimum atomic E-state index is -4.13. The topological polar surface area (TPSA) is 109 Å². The molecule has 0 atom stereocenters. The van der Waals surface area contributed by atoms with Gasteiger partial charge in [0.2, 0.25) is 10.0 Å². The van der Waals surface area contributed by atoms with E-state index in [1.54, 1.807) is 0 Å². The predicted octanol–water partition coefficient (Wildman–Crippen LogP) is 0.523. The molecular weight excluding hydrogens is 331 g/mol. The minimum Gasteiger partial charge on any atom is -0.478 e. The van der Waals surface area contributed by atoms with Gasteiger partial charge in [-0.2, -0.15) is 0 Å². The van der Waals surface area contributed by atoms with Gasteiger partial charge in [-0.25, -0.2) is 22.3 Å². The third kappa shape index (κ3) is 3.25. The molecule has 4 N–H and O–H groups in total. The van der Waals surface area contributed by atoms with Crippen LogP contribution in [0.2, 0.25) is 0 Å². The number of sulfonamides is 1. The van der Waals surface area contributed by atoms with Crippen LogP contribution >= 0.6 is 15.9 Å². The average Bonchev–Trinajstić information content (AvgIpc) is 2.28. The number of hydrogen-bond acceptors (Lipinski definition) is 4. The van der Waals surface area contributed by atoms with Crippen molar-refractivity contribution in [3.63, 3.8) is 0 Å². The lowest BCUT2D eigenvalue weighted by molar-refractivity contribution is 0.0691. The summed E-state index contributed by atoms with van der Waals surface area (Å²) >= 11 is 2.93. The number of halogens is 2. The van der Waals surface area contributed by atoms with Crippen LogP contribution in [0, 0.1) is 5.82 Å². The van der Waals surface area contributed by atoms with Gasteiger partial charge in [-0.3, -0.25) is 0 Å². The van der Waals surface area contributed by atoms with E-state index in [4.69, 9.17) is 10.8 Å². The van der Waals surface area contributed by atoms with E-state index in [9.17, 15) is 17.6 Å². The van der Waals surface area contributed by atoms with E-state index in [2.05, 4.69) is 20.7 Å². The second-order valence-electron chi connectivity index (χ2n) is 3.26. The smallest absolute Gasteiger partial charge is 0.338 e. The van der Waals surface area contributed by atoms with Crippen LogP contribution in [0.5, 0.6) is 0 Å². The van der Waals surface area contributed by atoms with Gasteiger partial charge in [0.05, 0.1) is 5.56 Å². The highest BCUT2D eigenvalue weighted by molar-refractivity contribution is 9.10. The highest BCUT2D eigenvalue weighted by Gasteiger charge is 2.24. The summed E-state index contributed by atoms with van der Waals surface area (Å²) in [5, 5.41) is 8.76. The van der Waals surface area contributed by atoms with E-state index in [-0.39, 0.29) is 17.6 Å². The monoisotopic (exact) mass is 340 g/mol. The van der Waals surface area contributed by atoms with Crippen molar-refractivity contribution in [1.29, 1.82) is 0 Å². The zero-order valence-corrected chi connectivity index (χ0v) is 11.4. The second-order valence-corrected chi connectivity index (χ2v) is 5.91. The molecule has 0 amide bonds. The summed E-state index contributed by atoms with van der Waals surface area (Å²) in [4.78, 5) is 10.0. The molecule has 0 aliphatic heterocycles. The van der Waals surface area contributed by atoms with Crippen molar-refractivity contribution in [2.75, 3.05) is 13.1 Å². The van der Waals surface area contributed by atoms with Crippen LogP contribution in [0.1, 0.15) is 10.4 Å². The van der Waals surface area contributed by atoms with Crippen LogP contribution in [0.3, 0.4) is 0 Å². The molecule has 0 heterocycles. The molecule has 0 aromatic heterocycles. The highest BCUT2D eigenvalue weighted by atomic mass is 79.9. The van der Waals surface area contributed by atoms with Crippen LogP contribution in [0.4, 0.5) is 4.39 Å². The molecule has 0 radical (unpaired) electrons. The standard InChI is InChI=1S/C9H10BrFN2O4S/c10-5-3-6(9(14)15)8(11)7(4-5)18(16,17)13-2-1-12/h3-4,13H,1-2,12H2,(H,14,15).